The summed E-state index contributed by atoms with van der Waals surface area (Å²) in [6.45, 7) is 14.2. The topological polar surface area (TPSA) is 17.1 Å². The lowest BCUT2D eigenvalue weighted by molar-refractivity contribution is -0.107. The third kappa shape index (κ3) is 153. The number of carbonyl (C=O) groups excluding carboxylic acids is 1. The van der Waals surface area contributed by atoms with Gasteiger partial charge in [-0.1, -0.05) is 67.7 Å². The molecule has 0 bridgehead atoms. The minimum absolute atomic E-state index is 0. The predicted molar refractivity (Wildman–Crippen MR) is 68.5 cm³/mol. The molecule has 0 aromatic carbocycles. The van der Waals surface area contributed by atoms with E-state index in [1.807, 2.05) is 34.6 Å². The van der Waals surface area contributed by atoms with Crippen LogP contribution in [0.5, 0.6) is 0 Å². The average Bonchev–Trinajstić information content (AvgIpc) is 2.25. The molecule has 0 saturated heterocycles. The van der Waals surface area contributed by atoms with E-state index in [-0.39, 0.29) is 2.85 Å². The zero-order chi connectivity index (χ0) is 11.5. The van der Waals surface area contributed by atoms with Crippen LogP contribution in [0.15, 0.2) is 0 Å². The fourth-order valence-corrected chi connectivity index (χ4v) is 0.354. The first-order valence-corrected chi connectivity index (χ1v) is 5.77. The normalized spacial score (nSPS) is 6.08. The second kappa shape index (κ2) is 60.9. The maximum absolute atomic E-state index is 9.17. The van der Waals surface area contributed by atoms with Gasteiger partial charge in [-0.25, -0.2) is 0 Å². The van der Waals surface area contributed by atoms with Crippen molar-refractivity contribution in [2.24, 2.45) is 0 Å². The van der Waals surface area contributed by atoms with Crippen molar-refractivity contribution in [1.29, 1.82) is 0 Å². The lowest BCUT2D eigenvalue weighted by Crippen LogP contribution is -1.59. The third-order valence-electron chi connectivity index (χ3n) is 0.874. The maximum Gasteiger partial charge on any atom is 0.119 e. The summed E-state index contributed by atoms with van der Waals surface area (Å²) < 4.78 is 0. The number of unbranched alkanes of at least 4 members (excludes halogenated alkanes) is 2. The van der Waals surface area contributed by atoms with E-state index in [2.05, 4.69) is 13.8 Å². The van der Waals surface area contributed by atoms with Crippen LogP contribution in [0, 0.1) is 0 Å². The maximum atomic E-state index is 9.17. The Hall–Kier alpha value is -0.330. The average molecular weight is 194 g/mol. The van der Waals surface area contributed by atoms with E-state index in [4.69, 9.17) is 0 Å². The summed E-state index contributed by atoms with van der Waals surface area (Å²) in [4.78, 5) is 9.17. The summed E-state index contributed by atoms with van der Waals surface area (Å²) in [5.74, 6) is 0. The molecule has 0 aliphatic rings. The van der Waals surface area contributed by atoms with Crippen LogP contribution >= 0.6 is 0 Å². The Bertz CT molecular complexity index is 48.9. The monoisotopic (exact) mass is 194 g/mol. The van der Waals surface area contributed by atoms with Crippen LogP contribution < -0.4 is 0 Å². The number of aldehydes is 1. The highest BCUT2D eigenvalue weighted by Crippen LogP contribution is 1.88. The number of rotatable bonds is 3. The zero-order valence-electron chi connectivity index (χ0n) is 10.8. The van der Waals surface area contributed by atoms with Crippen molar-refractivity contribution in [2.75, 3.05) is 0 Å². The SMILES string of the molecule is CC.CC.CCC=O.CCCCC.[HH].[HH]. The van der Waals surface area contributed by atoms with Gasteiger partial charge < -0.3 is 4.79 Å². The molecule has 0 heterocycles. The van der Waals surface area contributed by atoms with E-state index in [1.54, 1.807) is 0 Å². The van der Waals surface area contributed by atoms with E-state index >= 15 is 0 Å². The standard InChI is InChI=1S/C5H12.C3H6O.2C2H6.2H2/c1-3-5-4-2;1-2-3-4;2*1-2;;/h3-5H2,1-2H3;3H,2H2,1H3;2*1-2H3;2*1H. The Morgan fingerprint density at radius 3 is 1.15 bits per heavy atom. The van der Waals surface area contributed by atoms with Crippen LogP contribution in [0.2, 0.25) is 0 Å². The zero-order valence-corrected chi connectivity index (χ0v) is 10.8. The van der Waals surface area contributed by atoms with Gasteiger partial charge in [0.15, 0.2) is 0 Å². The minimum atomic E-state index is 0. The lowest BCUT2D eigenvalue weighted by atomic mass is 10.3. The van der Waals surface area contributed by atoms with Crippen LogP contribution in [-0.2, 0) is 4.79 Å². The van der Waals surface area contributed by atoms with E-state index in [0.717, 1.165) is 6.29 Å². The molecule has 1 nitrogen and oxygen atoms in total. The fraction of sp³-hybridized carbons (Fsp3) is 0.917. The Morgan fingerprint density at radius 1 is 0.923 bits per heavy atom. The van der Waals surface area contributed by atoms with Crippen molar-refractivity contribution in [1.82, 2.24) is 0 Å². The molecular formula is C12H34O. The molecule has 0 atom stereocenters. The number of hydrogen-bond donors (Lipinski definition) is 0. The first kappa shape index (κ1) is 23.0. The van der Waals surface area contributed by atoms with Gasteiger partial charge in [-0.05, 0) is 0 Å². The van der Waals surface area contributed by atoms with Gasteiger partial charge in [0.2, 0.25) is 0 Å². The van der Waals surface area contributed by atoms with Gasteiger partial charge in [-0.2, -0.15) is 0 Å². The minimum Gasteiger partial charge on any atom is -0.303 e. The summed E-state index contributed by atoms with van der Waals surface area (Å²) in [5, 5.41) is 0. The summed E-state index contributed by atoms with van der Waals surface area (Å²) in [5.41, 5.74) is 0. The molecule has 13 heavy (non-hydrogen) atoms. The van der Waals surface area contributed by atoms with Gasteiger partial charge in [0, 0.05) is 9.27 Å². The van der Waals surface area contributed by atoms with Crippen molar-refractivity contribution >= 4 is 6.29 Å². The summed E-state index contributed by atoms with van der Waals surface area (Å²) >= 11 is 0. The van der Waals surface area contributed by atoms with Gasteiger partial charge in [0.05, 0.1) is 0 Å². The molecule has 88 valence electrons. The molecule has 0 saturated carbocycles. The van der Waals surface area contributed by atoms with E-state index in [0.29, 0.717) is 6.42 Å². The van der Waals surface area contributed by atoms with Crippen molar-refractivity contribution in [3.05, 3.63) is 0 Å². The van der Waals surface area contributed by atoms with Crippen LogP contribution in [0.1, 0.15) is 77.0 Å². The molecule has 0 rings (SSSR count). The Kier molecular flexibility index (Phi) is 108. The van der Waals surface area contributed by atoms with Crippen LogP contribution in [0.3, 0.4) is 0 Å². The lowest BCUT2D eigenvalue weighted by Gasteiger charge is -1.79. The van der Waals surface area contributed by atoms with Gasteiger partial charge in [0.25, 0.3) is 0 Å². The molecule has 0 aliphatic heterocycles. The van der Waals surface area contributed by atoms with Gasteiger partial charge in [-0.15, -0.1) is 0 Å². The quantitative estimate of drug-likeness (QED) is 0.554. The van der Waals surface area contributed by atoms with Crippen molar-refractivity contribution < 1.29 is 7.65 Å². The molecule has 0 fully saturated rings. The largest absolute Gasteiger partial charge is 0.303 e. The number of hydrogen-bond acceptors (Lipinski definition) is 1. The van der Waals surface area contributed by atoms with Crippen molar-refractivity contribution in [3.63, 3.8) is 0 Å². The summed E-state index contributed by atoms with van der Waals surface area (Å²) in [6, 6.07) is 0. The molecule has 0 aromatic heterocycles. The number of carbonyl (C=O) groups is 1. The Labute approximate surface area is 88.9 Å². The molecule has 0 amide bonds. The van der Waals surface area contributed by atoms with Crippen LogP contribution in [0.25, 0.3) is 0 Å². The first-order valence-electron chi connectivity index (χ1n) is 5.77. The molecule has 0 aliphatic carbocycles. The van der Waals surface area contributed by atoms with E-state index in [9.17, 15) is 4.79 Å². The molecule has 1 heteroatoms. The fourth-order valence-electron chi connectivity index (χ4n) is 0.354. The molecule has 0 radical (unpaired) electrons. The highest BCUT2D eigenvalue weighted by molar-refractivity contribution is 5.48. The second-order valence-electron chi connectivity index (χ2n) is 1.93. The van der Waals surface area contributed by atoms with E-state index in [1.165, 1.54) is 19.3 Å². The predicted octanol–water partition coefficient (Wildman–Crippen LogP) is 5.34. The second-order valence-corrected chi connectivity index (χ2v) is 1.93. The van der Waals surface area contributed by atoms with Crippen molar-refractivity contribution in [3.8, 4) is 0 Å². The molecule has 0 aromatic rings. The van der Waals surface area contributed by atoms with Crippen LogP contribution in [0.4, 0.5) is 0 Å². The van der Waals surface area contributed by atoms with Gasteiger partial charge in [-0.3, -0.25) is 0 Å². The smallest absolute Gasteiger partial charge is 0.119 e. The molecule has 0 N–H and O–H groups in total. The molecule has 0 spiro atoms. The molecule has 0 unspecified atom stereocenters. The van der Waals surface area contributed by atoms with Gasteiger partial charge in [0.1, 0.15) is 6.29 Å². The van der Waals surface area contributed by atoms with E-state index < -0.39 is 0 Å². The Balaban J connectivity index is -0.0000000186. The van der Waals surface area contributed by atoms with Crippen molar-refractivity contribution in [2.45, 2.75) is 74.1 Å². The summed E-state index contributed by atoms with van der Waals surface area (Å²) in [6.07, 6.45) is 5.59. The van der Waals surface area contributed by atoms with Crippen LogP contribution in [-0.4, -0.2) is 6.29 Å². The third-order valence-corrected chi connectivity index (χ3v) is 0.874. The Morgan fingerprint density at radius 2 is 1.15 bits per heavy atom. The first-order chi connectivity index (χ1) is 6.33. The highest BCUT2D eigenvalue weighted by atomic mass is 16.1. The van der Waals surface area contributed by atoms with Gasteiger partial charge >= 0.3 is 0 Å². The highest BCUT2D eigenvalue weighted by Gasteiger charge is 1.68. The summed E-state index contributed by atoms with van der Waals surface area (Å²) in [7, 11) is 0. The molecular weight excluding hydrogens is 160 g/mol.